The van der Waals surface area contributed by atoms with Gasteiger partial charge in [-0.15, -0.1) is 0 Å². The van der Waals surface area contributed by atoms with Gasteiger partial charge < -0.3 is 4.52 Å². The fraction of sp³-hybridized carbons (Fsp3) is 0.222. The van der Waals surface area contributed by atoms with Crippen LogP contribution < -0.4 is 0 Å². The molecule has 0 fully saturated rings. The summed E-state index contributed by atoms with van der Waals surface area (Å²) in [4.78, 5) is 15.7. The highest BCUT2D eigenvalue weighted by Crippen LogP contribution is 2.31. The Morgan fingerprint density at radius 1 is 0.871 bits per heavy atom. The fourth-order valence-electron chi connectivity index (χ4n) is 3.93. The van der Waals surface area contributed by atoms with Gasteiger partial charge in [0.15, 0.2) is 0 Å². The van der Waals surface area contributed by atoms with Crippen LogP contribution >= 0.6 is 0 Å². The Kier molecular flexibility index (Phi) is 5.81. The van der Waals surface area contributed by atoms with Crippen LogP contribution in [0, 0.1) is 27.7 Å². The summed E-state index contributed by atoms with van der Waals surface area (Å²) in [7, 11) is 0. The molecule has 1 aromatic heterocycles. The molecule has 3 aromatic carbocycles. The Balaban J connectivity index is 1.74. The number of aldehydes is 1. The van der Waals surface area contributed by atoms with E-state index in [-0.39, 0.29) is 5.92 Å². The lowest BCUT2D eigenvalue weighted by Gasteiger charge is -2.16. The second-order valence-electron chi connectivity index (χ2n) is 8.29. The van der Waals surface area contributed by atoms with E-state index >= 15 is 0 Å². The van der Waals surface area contributed by atoms with Gasteiger partial charge >= 0.3 is 0 Å². The van der Waals surface area contributed by atoms with Crippen molar-refractivity contribution in [3.8, 4) is 11.4 Å². The maximum Gasteiger partial charge on any atom is 0.234 e. The molecule has 31 heavy (non-hydrogen) atoms. The van der Waals surface area contributed by atoms with Crippen LogP contribution in [-0.2, 0) is 6.42 Å². The first-order chi connectivity index (χ1) is 14.9. The largest absolute Gasteiger partial charge is 0.338 e. The summed E-state index contributed by atoms with van der Waals surface area (Å²) in [5.74, 6) is 1.08. The lowest BCUT2D eigenvalue weighted by atomic mass is 9.89. The summed E-state index contributed by atoms with van der Waals surface area (Å²) in [6.45, 7) is 8.48. The zero-order chi connectivity index (χ0) is 22.0. The molecule has 1 unspecified atom stereocenters. The van der Waals surface area contributed by atoms with E-state index in [0.717, 1.165) is 18.3 Å². The summed E-state index contributed by atoms with van der Waals surface area (Å²) in [5, 5.41) is 4.23. The topological polar surface area (TPSA) is 56.0 Å². The number of nitrogens with zero attached hydrogens (tertiary/aromatic N) is 2. The number of benzene rings is 3. The lowest BCUT2D eigenvalue weighted by Crippen LogP contribution is -2.07. The third kappa shape index (κ3) is 4.64. The van der Waals surface area contributed by atoms with Crippen molar-refractivity contribution in [2.45, 2.75) is 40.0 Å². The van der Waals surface area contributed by atoms with E-state index in [0.29, 0.717) is 17.3 Å². The molecule has 0 saturated carbocycles. The molecule has 0 aliphatic heterocycles. The molecule has 4 aromatic rings. The second kappa shape index (κ2) is 8.68. The van der Waals surface area contributed by atoms with Gasteiger partial charge in [-0.1, -0.05) is 76.9 Å². The number of carbonyl (C=O) groups excluding carboxylic acids is 1. The average Bonchev–Trinajstić information content (AvgIpc) is 3.23. The van der Waals surface area contributed by atoms with Crippen LogP contribution in [0.1, 0.15) is 55.5 Å². The third-order valence-electron chi connectivity index (χ3n) is 5.70. The molecule has 1 heterocycles. The number of hydrogen-bond donors (Lipinski definition) is 0. The average molecular weight is 411 g/mol. The van der Waals surface area contributed by atoms with Crippen LogP contribution in [0.5, 0.6) is 0 Å². The molecular weight excluding hydrogens is 384 g/mol. The van der Waals surface area contributed by atoms with Crippen LogP contribution in [-0.4, -0.2) is 16.4 Å². The summed E-state index contributed by atoms with van der Waals surface area (Å²) < 4.78 is 5.77. The van der Waals surface area contributed by atoms with E-state index in [2.05, 4.69) is 69.2 Å². The molecule has 0 aliphatic carbocycles. The van der Waals surface area contributed by atoms with Gasteiger partial charge in [0.1, 0.15) is 6.29 Å². The van der Waals surface area contributed by atoms with Gasteiger partial charge in [-0.05, 0) is 56.4 Å². The molecule has 0 amide bonds. The van der Waals surface area contributed by atoms with Gasteiger partial charge in [0.05, 0.1) is 5.92 Å². The molecule has 0 radical (unpaired) electrons. The fourth-order valence-corrected chi connectivity index (χ4v) is 3.93. The Bertz CT molecular complexity index is 1200. The van der Waals surface area contributed by atoms with Crippen LogP contribution in [0.25, 0.3) is 11.4 Å². The van der Waals surface area contributed by atoms with Gasteiger partial charge in [-0.25, -0.2) is 0 Å². The van der Waals surface area contributed by atoms with Gasteiger partial charge in [0, 0.05) is 11.1 Å². The number of hydrogen-bond acceptors (Lipinski definition) is 4. The van der Waals surface area contributed by atoms with E-state index in [1.807, 2.05) is 12.1 Å². The molecule has 1 atom stereocenters. The van der Waals surface area contributed by atoms with Crippen molar-refractivity contribution in [1.29, 1.82) is 0 Å². The predicted octanol–water partition coefficient (Wildman–Crippen LogP) is 6.16. The monoisotopic (exact) mass is 410 g/mol. The molecular formula is C27H26N2O2. The first-order valence-electron chi connectivity index (χ1n) is 10.5. The molecule has 4 nitrogen and oxygen atoms in total. The summed E-state index contributed by atoms with van der Waals surface area (Å²) >= 11 is 0. The van der Waals surface area contributed by atoms with E-state index < -0.39 is 0 Å². The molecule has 0 bridgehead atoms. The smallest absolute Gasteiger partial charge is 0.234 e. The number of rotatable bonds is 6. The Labute approximate surface area is 183 Å². The molecule has 0 aliphatic rings. The van der Waals surface area contributed by atoms with Crippen molar-refractivity contribution in [3.05, 3.63) is 105 Å². The SMILES string of the molecule is Cc1cc(C)cc(C(Cc2ccc(C)c(C)c2)c2nc(-c3ccc(C=O)cc3)no2)c1. The second-order valence-corrected chi connectivity index (χ2v) is 8.29. The highest BCUT2D eigenvalue weighted by molar-refractivity contribution is 5.76. The van der Waals surface area contributed by atoms with Crippen LogP contribution in [0.15, 0.2) is 65.2 Å². The molecule has 0 N–H and O–H groups in total. The summed E-state index contributed by atoms with van der Waals surface area (Å²) in [6, 6.07) is 20.3. The Hall–Kier alpha value is -3.53. The molecule has 0 saturated heterocycles. The zero-order valence-corrected chi connectivity index (χ0v) is 18.3. The normalized spacial score (nSPS) is 12.0. The van der Waals surface area contributed by atoms with Gasteiger partial charge in [-0.2, -0.15) is 4.98 Å². The van der Waals surface area contributed by atoms with Crippen molar-refractivity contribution < 1.29 is 9.32 Å². The number of aromatic nitrogens is 2. The lowest BCUT2D eigenvalue weighted by molar-refractivity contribution is 0.112. The third-order valence-corrected chi connectivity index (χ3v) is 5.70. The molecule has 0 spiro atoms. The maximum atomic E-state index is 10.9. The maximum absolute atomic E-state index is 10.9. The highest BCUT2D eigenvalue weighted by atomic mass is 16.5. The van der Waals surface area contributed by atoms with Crippen molar-refractivity contribution in [2.75, 3.05) is 0 Å². The summed E-state index contributed by atoms with van der Waals surface area (Å²) in [5.41, 5.74) is 8.84. The van der Waals surface area contributed by atoms with E-state index in [1.54, 1.807) is 12.1 Å². The Morgan fingerprint density at radius 3 is 2.23 bits per heavy atom. The molecule has 156 valence electrons. The first-order valence-corrected chi connectivity index (χ1v) is 10.5. The first kappa shape index (κ1) is 20.7. The van der Waals surface area contributed by atoms with Gasteiger partial charge in [-0.3, -0.25) is 4.79 Å². The van der Waals surface area contributed by atoms with Crippen LogP contribution in [0.4, 0.5) is 0 Å². The predicted molar refractivity (Wildman–Crippen MR) is 123 cm³/mol. The highest BCUT2D eigenvalue weighted by Gasteiger charge is 2.23. The minimum absolute atomic E-state index is 0.0452. The van der Waals surface area contributed by atoms with Crippen LogP contribution in [0.3, 0.4) is 0 Å². The quantitative estimate of drug-likeness (QED) is 0.357. The minimum Gasteiger partial charge on any atom is -0.338 e. The van der Waals surface area contributed by atoms with Gasteiger partial charge in [0.25, 0.3) is 0 Å². The van der Waals surface area contributed by atoms with Crippen molar-refractivity contribution in [2.24, 2.45) is 0 Å². The molecule has 4 rings (SSSR count). The zero-order valence-electron chi connectivity index (χ0n) is 18.3. The van der Waals surface area contributed by atoms with Crippen LogP contribution in [0.2, 0.25) is 0 Å². The number of aryl methyl sites for hydroxylation is 4. The summed E-state index contributed by atoms with van der Waals surface area (Å²) in [6.07, 6.45) is 1.60. The minimum atomic E-state index is -0.0452. The van der Waals surface area contributed by atoms with Crippen molar-refractivity contribution in [3.63, 3.8) is 0 Å². The van der Waals surface area contributed by atoms with Gasteiger partial charge in [0.2, 0.25) is 11.7 Å². The van der Waals surface area contributed by atoms with E-state index in [9.17, 15) is 4.79 Å². The van der Waals surface area contributed by atoms with E-state index in [1.165, 1.54) is 33.4 Å². The standard InChI is InChI=1S/C27H26N2O2/c1-17-11-18(2)13-24(12-17)25(15-22-6-5-19(3)20(4)14-22)27-28-26(29-31-27)23-9-7-21(16-30)8-10-23/h5-14,16,25H,15H2,1-4H3. The van der Waals surface area contributed by atoms with Crippen molar-refractivity contribution in [1.82, 2.24) is 10.1 Å². The van der Waals surface area contributed by atoms with Crippen molar-refractivity contribution >= 4 is 6.29 Å². The molecule has 4 heteroatoms. The van der Waals surface area contributed by atoms with E-state index in [4.69, 9.17) is 9.51 Å². The Morgan fingerprint density at radius 2 is 1.58 bits per heavy atom. The number of carbonyl (C=O) groups is 1.